The van der Waals surface area contributed by atoms with E-state index in [4.69, 9.17) is 0 Å². The molecule has 1 aliphatic carbocycles. The Hall–Kier alpha value is -1.83. The van der Waals surface area contributed by atoms with Crippen LogP contribution in [-0.4, -0.2) is 18.5 Å². The second-order valence-corrected chi connectivity index (χ2v) is 8.55. The average Bonchev–Trinajstić information content (AvgIpc) is 3.16. The Balaban J connectivity index is 1.82. The molecule has 3 aromatic rings. The van der Waals surface area contributed by atoms with Crippen molar-refractivity contribution in [1.29, 1.82) is 0 Å². The lowest BCUT2D eigenvalue weighted by atomic mass is 9.93. The predicted molar refractivity (Wildman–Crippen MR) is 91.3 cm³/mol. The van der Waals surface area contributed by atoms with Gasteiger partial charge in [-0.15, -0.1) is 11.3 Å². The van der Waals surface area contributed by atoms with Crippen LogP contribution < -0.4 is 4.72 Å². The molecule has 0 radical (unpaired) electrons. The van der Waals surface area contributed by atoms with Crippen molar-refractivity contribution < 1.29 is 13.5 Å². The van der Waals surface area contributed by atoms with E-state index in [-0.39, 0.29) is 4.21 Å². The normalized spacial score (nSPS) is 18.0. The van der Waals surface area contributed by atoms with Crippen LogP contribution in [-0.2, 0) is 16.4 Å². The number of aliphatic hydroxyl groups is 1. The third kappa shape index (κ3) is 2.45. The molecule has 7 heteroatoms. The maximum atomic E-state index is 12.4. The van der Waals surface area contributed by atoms with Gasteiger partial charge >= 0.3 is 0 Å². The third-order valence-electron chi connectivity index (χ3n) is 4.22. The summed E-state index contributed by atoms with van der Waals surface area (Å²) in [6.07, 6.45) is 2.06. The molecule has 3 N–H and O–H groups in total. The number of aromatic amines is 1. The summed E-state index contributed by atoms with van der Waals surface area (Å²) in [5.74, 6) is 0. The van der Waals surface area contributed by atoms with Gasteiger partial charge in [-0.05, 0) is 42.3 Å². The molecule has 120 valence electrons. The highest BCUT2D eigenvalue weighted by atomic mass is 32.2. The molecule has 2 aromatic heterocycles. The fourth-order valence-corrected chi connectivity index (χ4v) is 5.23. The molecule has 0 bridgehead atoms. The topological polar surface area (TPSA) is 82.2 Å². The van der Waals surface area contributed by atoms with Gasteiger partial charge < -0.3 is 10.1 Å². The summed E-state index contributed by atoms with van der Waals surface area (Å²) >= 11 is 1.18. The van der Waals surface area contributed by atoms with Crippen LogP contribution in [0.2, 0.25) is 0 Å². The van der Waals surface area contributed by atoms with E-state index in [9.17, 15) is 13.5 Å². The number of hydrogen-bond donors (Lipinski definition) is 3. The Morgan fingerprint density at radius 1 is 1.26 bits per heavy atom. The van der Waals surface area contributed by atoms with Crippen molar-refractivity contribution in [2.24, 2.45) is 0 Å². The molecule has 1 aromatic carbocycles. The molecule has 1 unspecified atom stereocenters. The van der Waals surface area contributed by atoms with E-state index in [1.165, 1.54) is 11.3 Å². The Morgan fingerprint density at radius 3 is 2.91 bits per heavy atom. The van der Waals surface area contributed by atoms with E-state index < -0.39 is 16.1 Å². The number of aryl methyl sites for hydroxylation is 1. The maximum Gasteiger partial charge on any atom is 0.271 e. The Kier molecular flexibility index (Phi) is 3.44. The zero-order valence-corrected chi connectivity index (χ0v) is 13.9. The number of sulfonamides is 1. The number of benzene rings is 1. The van der Waals surface area contributed by atoms with Crippen LogP contribution in [0.15, 0.2) is 39.9 Å². The molecule has 5 nitrogen and oxygen atoms in total. The Labute approximate surface area is 138 Å². The molecule has 1 aliphatic rings. The minimum atomic E-state index is -3.59. The second kappa shape index (κ2) is 5.36. The third-order valence-corrected chi connectivity index (χ3v) is 6.98. The van der Waals surface area contributed by atoms with Crippen LogP contribution >= 0.6 is 11.3 Å². The molecule has 0 fully saturated rings. The van der Waals surface area contributed by atoms with Gasteiger partial charge in [0.2, 0.25) is 0 Å². The van der Waals surface area contributed by atoms with Crippen LogP contribution in [0.5, 0.6) is 0 Å². The number of fused-ring (bicyclic) bond motifs is 3. The van der Waals surface area contributed by atoms with Gasteiger partial charge in [0, 0.05) is 11.1 Å². The van der Waals surface area contributed by atoms with E-state index in [1.807, 2.05) is 12.1 Å². The van der Waals surface area contributed by atoms with E-state index in [1.54, 1.807) is 23.6 Å². The van der Waals surface area contributed by atoms with E-state index in [0.717, 1.165) is 41.4 Å². The minimum Gasteiger partial charge on any atom is -0.387 e. The van der Waals surface area contributed by atoms with Gasteiger partial charge in [-0.3, -0.25) is 4.72 Å². The number of anilines is 1. The molecule has 0 saturated carbocycles. The number of thiophene rings is 1. The predicted octanol–water partition coefficient (Wildman–Crippen LogP) is 3.40. The summed E-state index contributed by atoms with van der Waals surface area (Å²) in [7, 11) is -3.59. The molecule has 0 spiro atoms. The summed E-state index contributed by atoms with van der Waals surface area (Å²) < 4.78 is 27.8. The van der Waals surface area contributed by atoms with Crippen LogP contribution in [0.4, 0.5) is 5.69 Å². The first-order valence-electron chi connectivity index (χ1n) is 7.44. The van der Waals surface area contributed by atoms with Crippen molar-refractivity contribution in [1.82, 2.24) is 4.98 Å². The number of H-pyrrole nitrogens is 1. The van der Waals surface area contributed by atoms with Gasteiger partial charge in [-0.25, -0.2) is 8.42 Å². The highest BCUT2D eigenvalue weighted by Crippen LogP contribution is 2.37. The average molecular weight is 348 g/mol. The second-order valence-electron chi connectivity index (χ2n) is 5.69. The standard InChI is InChI=1S/C16H16N2O3S2/c19-13-7-2-5-11-10-4-1-6-12(15(10)17-16(11)13)18-23(20,21)14-8-3-9-22-14/h1,3-4,6,8-9,13,17-19H,2,5,7H2. The summed E-state index contributed by atoms with van der Waals surface area (Å²) in [4.78, 5) is 3.23. The van der Waals surface area contributed by atoms with Crippen LogP contribution in [0, 0.1) is 0 Å². The lowest BCUT2D eigenvalue weighted by Gasteiger charge is -2.17. The molecular weight excluding hydrogens is 332 g/mol. The van der Waals surface area contributed by atoms with Crippen molar-refractivity contribution in [3.63, 3.8) is 0 Å². The van der Waals surface area contributed by atoms with Gasteiger partial charge in [0.1, 0.15) is 4.21 Å². The molecule has 0 amide bonds. The number of nitrogens with one attached hydrogen (secondary N) is 2. The van der Waals surface area contributed by atoms with Crippen molar-refractivity contribution in [3.05, 3.63) is 47.0 Å². The fourth-order valence-electron chi connectivity index (χ4n) is 3.16. The first kappa shape index (κ1) is 14.7. The lowest BCUT2D eigenvalue weighted by Crippen LogP contribution is -2.11. The molecule has 4 rings (SSSR count). The SMILES string of the molecule is O=S(=O)(Nc1cccc2c3c([nH]c12)C(O)CCC3)c1cccs1. The molecule has 0 saturated heterocycles. The van der Waals surface area contributed by atoms with E-state index in [2.05, 4.69) is 9.71 Å². The number of hydrogen-bond acceptors (Lipinski definition) is 4. The van der Waals surface area contributed by atoms with Crippen molar-refractivity contribution in [2.75, 3.05) is 4.72 Å². The highest BCUT2D eigenvalue weighted by Gasteiger charge is 2.24. The monoisotopic (exact) mass is 348 g/mol. The summed E-state index contributed by atoms with van der Waals surface area (Å²) in [5.41, 5.74) is 3.15. The first-order chi connectivity index (χ1) is 11.1. The first-order valence-corrected chi connectivity index (χ1v) is 9.80. The molecule has 2 heterocycles. The number of para-hydroxylation sites is 1. The van der Waals surface area contributed by atoms with Gasteiger partial charge in [-0.2, -0.15) is 0 Å². The Morgan fingerprint density at radius 2 is 2.13 bits per heavy atom. The van der Waals surface area contributed by atoms with E-state index >= 15 is 0 Å². The van der Waals surface area contributed by atoms with Gasteiger partial charge in [0.05, 0.1) is 17.3 Å². The smallest absolute Gasteiger partial charge is 0.271 e. The van der Waals surface area contributed by atoms with Crippen LogP contribution in [0.3, 0.4) is 0 Å². The van der Waals surface area contributed by atoms with Crippen molar-refractivity contribution in [2.45, 2.75) is 29.6 Å². The zero-order valence-electron chi connectivity index (χ0n) is 12.2. The summed E-state index contributed by atoms with van der Waals surface area (Å²) in [6, 6.07) is 8.83. The van der Waals surface area contributed by atoms with Crippen molar-refractivity contribution >= 4 is 38.0 Å². The molecule has 1 atom stereocenters. The Bertz CT molecular complexity index is 959. The summed E-state index contributed by atoms with van der Waals surface area (Å²) in [5, 5.41) is 12.9. The van der Waals surface area contributed by atoms with Crippen molar-refractivity contribution in [3.8, 4) is 0 Å². The molecule has 0 aliphatic heterocycles. The zero-order chi connectivity index (χ0) is 16.0. The quantitative estimate of drug-likeness (QED) is 0.678. The van der Waals surface area contributed by atoms with Gasteiger partial charge in [-0.1, -0.05) is 18.2 Å². The number of aliphatic hydroxyl groups excluding tert-OH is 1. The van der Waals surface area contributed by atoms with E-state index in [0.29, 0.717) is 5.69 Å². The highest BCUT2D eigenvalue weighted by molar-refractivity contribution is 7.94. The van der Waals surface area contributed by atoms with Gasteiger partial charge in [0.25, 0.3) is 10.0 Å². The van der Waals surface area contributed by atoms with Crippen LogP contribution in [0.1, 0.15) is 30.2 Å². The minimum absolute atomic E-state index is 0.283. The van der Waals surface area contributed by atoms with Crippen LogP contribution in [0.25, 0.3) is 10.9 Å². The number of aromatic nitrogens is 1. The summed E-state index contributed by atoms with van der Waals surface area (Å²) in [6.45, 7) is 0. The fraction of sp³-hybridized carbons (Fsp3) is 0.250. The molecular formula is C16H16N2O3S2. The van der Waals surface area contributed by atoms with Gasteiger partial charge in [0.15, 0.2) is 0 Å². The maximum absolute atomic E-state index is 12.4. The molecule has 23 heavy (non-hydrogen) atoms. The number of rotatable bonds is 3. The largest absolute Gasteiger partial charge is 0.387 e. The lowest BCUT2D eigenvalue weighted by molar-refractivity contribution is 0.153.